The lowest BCUT2D eigenvalue weighted by atomic mass is 10.2. The summed E-state index contributed by atoms with van der Waals surface area (Å²) in [4.78, 5) is 15.7. The van der Waals surface area contributed by atoms with Crippen LogP contribution in [0.2, 0.25) is 0 Å². The summed E-state index contributed by atoms with van der Waals surface area (Å²) in [6, 6.07) is -0.139. The van der Waals surface area contributed by atoms with Crippen LogP contribution in [0.1, 0.15) is 37.9 Å². The second-order valence-electron chi connectivity index (χ2n) is 3.87. The van der Waals surface area contributed by atoms with Gasteiger partial charge in [0.1, 0.15) is 6.04 Å². The molecule has 0 bridgehead atoms. The van der Waals surface area contributed by atoms with Gasteiger partial charge in [-0.25, -0.2) is 9.78 Å². The molecule has 2 rings (SSSR count). The molecule has 4 nitrogen and oxygen atoms in total. The number of rotatable bonds is 4. The molecule has 0 amide bonds. The molecule has 2 heterocycles. The van der Waals surface area contributed by atoms with Gasteiger partial charge in [0.25, 0.3) is 0 Å². The van der Waals surface area contributed by atoms with Gasteiger partial charge in [-0.15, -0.1) is 0 Å². The molecule has 0 fully saturated rings. The number of carbonyl (C=O) groups excluding carboxylic acids is 1. The van der Waals surface area contributed by atoms with Crippen molar-refractivity contribution in [3.63, 3.8) is 0 Å². The molecular weight excluding hydrogens is 192 g/mol. The molecule has 1 aromatic heterocycles. The van der Waals surface area contributed by atoms with Crippen LogP contribution < -0.4 is 0 Å². The molecule has 1 aliphatic rings. The number of hydrogen-bond acceptors (Lipinski definition) is 3. The van der Waals surface area contributed by atoms with Gasteiger partial charge in [0.15, 0.2) is 0 Å². The monoisotopic (exact) mass is 208 g/mol. The highest BCUT2D eigenvalue weighted by atomic mass is 16.5. The normalized spacial score (nSPS) is 18.9. The van der Waals surface area contributed by atoms with E-state index in [-0.39, 0.29) is 12.0 Å². The van der Waals surface area contributed by atoms with E-state index >= 15 is 0 Å². The number of unbranched alkanes of at least 4 members (excludes halogenated alkanes) is 1. The number of aryl methyl sites for hydroxylation is 1. The average molecular weight is 208 g/mol. The fraction of sp³-hybridized carbons (Fsp3) is 0.636. The van der Waals surface area contributed by atoms with Gasteiger partial charge in [0, 0.05) is 11.9 Å². The van der Waals surface area contributed by atoms with Crippen LogP contribution in [0.25, 0.3) is 0 Å². The molecule has 0 saturated heterocycles. The summed E-state index contributed by atoms with van der Waals surface area (Å²) >= 11 is 0. The lowest BCUT2D eigenvalue weighted by molar-refractivity contribution is -0.147. The molecule has 0 aliphatic carbocycles. The largest absolute Gasteiger partial charge is 0.464 e. The van der Waals surface area contributed by atoms with E-state index in [1.807, 2.05) is 10.8 Å². The summed E-state index contributed by atoms with van der Waals surface area (Å²) in [5.74, 6) is -0.111. The Bertz CT molecular complexity index is 346. The highest BCUT2D eigenvalue weighted by molar-refractivity contribution is 5.74. The van der Waals surface area contributed by atoms with E-state index in [0.717, 1.165) is 31.4 Å². The SMILES string of the molecule is CCCCOC(=O)C1CCc2cncn21. The third-order valence-electron chi connectivity index (χ3n) is 2.77. The van der Waals surface area contributed by atoms with E-state index in [0.29, 0.717) is 6.61 Å². The first-order chi connectivity index (χ1) is 7.33. The first-order valence-corrected chi connectivity index (χ1v) is 5.50. The van der Waals surface area contributed by atoms with Crippen molar-refractivity contribution in [2.75, 3.05) is 6.61 Å². The Balaban J connectivity index is 1.92. The number of nitrogens with zero attached hydrogens (tertiary/aromatic N) is 2. The van der Waals surface area contributed by atoms with Gasteiger partial charge in [-0.2, -0.15) is 0 Å². The Kier molecular flexibility index (Phi) is 3.04. The molecule has 15 heavy (non-hydrogen) atoms. The van der Waals surface area contributed by atoms with Crippen molar-refractivity contribution in [1.29, 1.82) is 0 Å². The molecule has 0 spiro atoms. The van der Waals surface area contributed by atoms with Crippen molar-refractivity contribution in [2.24, 2.45) is 0 Å². The standard InChI is InChI=1S/C11H16N2O2/c1-2-3-6-15-11(14)10-5-4-9-7-12-8-13(9)10/h7-8,10H,2-6H2,1H3. The lowest BCUT2D eigenvalue weighted by Gasteiger charge is -2.11. The summed E-state index contributed by atoms with van der Waals surface area (Å²) in [7, 11) is 0. The van der Waals surface area contributed by atoms with Gasteiger partial charge >= 0.3 is 5.97 Å². The lowest BCUT2D eigenvalue weighted by Crippen LogP contribution is -2.18. The van der Waals surface area contributed by atoms with Crippen molar-refractivity contribution >= 4 is 5.97 Å². The van der Waals surface area contributed by atoms with Crippen LogP contribution in [0.3, 0.4) is 0 Å². The van der Waals surface area contributed by atoms with Gasteiger partial charge < -0.3 is 9.30 Å². The minimum Gasteiger partial charge on any atom is -0.464 e. The number of esters is 1. The molecule has 1 unspecified atom stereocenters. The maximum atomic E-state index is 11.7. The van der Waals surface area contributed by atoms with Crippen molar-refractivity contribution in [1.82, 2.24) is 9.55 Å². The second-order valence-corrected chi connectivity index (χ2v) is 3.87. The summed E-state index contributed by atoms with van der Waals surface area (Å²) in [5.41, 5.74) is 1.13. The summed E-state index contributed by atoms with van der Waals surface area (Å²) in [6.45, 7) is 2.62. The zero-order valence-corrected chi connectivity index (χ0v) is 8.98. The van der Waals surface area contributed by atoms with E-state index in [9.17, 15) is 4.79 Å². The van der Waals surface area contributed by atoms with Crippen LogP contribution in [0, 0.1) is 0 Å². The predicted octanol–water partition coefficient (Wildman–Crippen LogP) is 1.71. The number of carbonyl (C=O) groups is 1. The Morgan fingerprint density at radius 3 is 3.40 bits per heavy atom. The molecule has 0 aromatic carbocycles. The molecule has 4 heteroatoms. The van der Waals surface area contributed by atoms with E-state index in [1.165, 1.54) is 0 Å². The quantitative estimate of drug-likeness (QED) is 0.559. The topological polar surface area (TPSA) is 44.1 Å². The molecule has 82 valence electrons. The Labute approximate surface area is 89.3 Å². The zero-order chi connectivity index (χ0) is 10.7. The number of hydrogen-bond donors (Lipinski definition) is 0. The zero-order valence-electron chi connectivity index (χ0n) is 8.98. The number of aromatic nitrogens is 2. The molecule has 1 aliphatic heterocycles. The van der Waals surface area contributed by atoms with E-state index in [2.05, 4.69) is 11.9 Å². The summed E-state index contributed by atoms with van der Waals surface area (Å²) in [5, 5.41) is 0. The van der Waals surface area contributed by atoms with Crippen LogP contribution in [-0.4, -0.2) is 22.1 Å². The smallest absolute Gasteiger partial charge is 0.329 e. The predicted molar refractivity (Wildman–Crippen MR) is 55.5 cm³/mol. The van der Waals surface area contributed by atoms with Crippen LogP contribution in [0.5, 0.6) is 0 Å². The molecule has 0 saturated carbocycles. The molecule has 0 radical (unpaired) electrons. The highest BCUT2D eigenvalue weighted by Gasteiger charge is 2.28. The maximum absolute atomic E-state index is 11.7. The second kappa shape index (κ2) is 4.47. The van der Waals surface area contributed by atoms with Crippen LogP contribution in [-0.2, 0) is 16.0 Å². The fourth-order valence-corrected chi connectivity index (χ4v) is 1.87. The average Bonchev–Trinajstić information content (AvgIpc) is 2.78. The Morgan fingerprint density at radius 2 is 2.60 bits per heavy atom. The summed E-state index contributed by atoms with van der Waals surface area (Å²) in [6.07, 6.45) is 7.30. The third kappa shape index (κ3) is 2.03. The minimum atomic E-state index is -0.139. The molecule has 1 aromatic rings. The summed E-state index contributed by atoms with van der Waals surface area (Å²) < 4.78 is 7.13. The molecular formula is C11H16N2O2. The van der Waals surface area contributed by atoms with Crippen molar-refractivity contribution < 1.29 is 9.53 Å². The number of imidazole rings is 1. The van der Waals surface area contributed by atoms with Crippen molar-refractivity contribution in [3.05, 3.63) is 18.2 Å². The first-order valence-electron chi connectivity index (χ1n) is 5.50. The number of fused-ring (bicyclic) bond motifs is 1. The van der Waals surface area contributed by atoms with E-state index in [1.54, 1.807) is 6.33 Å². The van der Waals surface area contributed by atoms with Gasteiger partial charge in [-0.1, -0.05) is 13.3 Å². The van der Waals surface area contributed by atoms with Crippen molar-refractivity contribution in [2.45, 2.75) is 38.6 Å². The van der Waals surface area contributed by atoms with Crippen LogP contribution in [0.4, 0.5) is 0 Å². The van der Waals surface area contributed by atoms with Gasteiger partial charge in [0.05, 0.1) is 12.9 Å². The molecule has 1 atom stereocenters. The van der Waals surface area contributed by atoms with E-state index in [4.69, 9.17) is 4.74 Å². The van der Waals surface area contributed by atoms with Crippen LogP contribution in [0.15, 0.2) is 12.5 Å². The van der Waals surface area contributed by atoms with E-state index < -0.39 is 0 Å². The Morgan fingerprint density at radius 1 is 1.73 bits per heavy atom. The van der Waals surface area contributed by atoms with Gasteiger partial charge in [0.2, 0.25) is 0 Å². The third-order valence-corrected chi connectivity index (χ3v) is 2.77. The Hall–Kier alpha value is -1.32. The van der Waals surface area contributed by atoms with Gasteiger partial charge in [-0.05, 0) is 19.3 Å². The first kappa shape index (κ1) is 10.2. The number of ether oxygens (including phenoxy) is 1. The van der Waals surface area contributed by atoms with Crippen molar-refractivity contribution in [3.8, 4) is 0 Å². The fourth-order valence-electron chi connectivity index (χ4n) is 1.87. The highest BCUT2D eigenvalue weighted by Crippen LogP contribution is 2.26. The molecule has 0 N–H and O–H groups in total. The van der Waals surface area contributed by atoms with Crippen LogP contribution >= 0.6 is 0 Å². The maximum Gasteiger partial charge on any atom is 0.329 e. The minimum absolute atomic E-state index is 0.111. The van der Waals surface area contributed by atoms with Gasteiger partial charge in [-0.3, -0.25) is 0 Å².